The monoisotopic (exact) mass is 246 g/mol. The molecule has 1 rings (SSSR count). The van der Waals surface area contributed by atoms with E-state index in [9.17, 15) is 9.13 Å². The molecule has 0 amide bonds. The highest BCUT2D eigenvalue weighted by atomic mass is 31.2. The van der Waals surface area contributed by atoms with E-state index in [-0.39, 0.29) is 26.2 Å². The summed E-state index contributed by atoms with van der Waals surface area (Å²) in [5, 5.41) is 0. The second-order valence-electron chi connectivity index (χ2n) is 2.93. The molecule has 1 saturated heterocycles. The molecular formula is C4H12N2O6P2. The Balaban J connectivity index is 2.56. The van der Waals surface area contributed by atoms with Crippen LogP contribution in [0.4, 0.5) is 0 Å². The molecule has 1 aliphatic heterocycles. The lowest BCUT2D eigenvalue weighted by Gasteiger charge is -2.34. The van der Waals surface area contributed by atoms with Crippen LogP contribution in [0.2, 0.25) is 0 Å². The van der Waals surface area contributed by atoms with E-state index in [1.165, 1.54) is 0 Å². The number of hydrogen-bond donors (Lipinski definition) is 4. The van der Waals surface area contributed by atoms with Gasteiger partial charge in [-0.05, 0) is 0 Å². The number of hydrogen-bond acceptors (Lipinski definition) is 2. The Bertz CT molecular complexity index is 258. The van der Waals surface area contributed by atoms with Gasteiger partial charge in [-0.2, -0.15) is 0 Å². The topological polar surface area (TPSA) is 122 Å². The van der Waals surface area contributed by atoms with E-state index in [1.807, 2.05) is 0 Å². The first-order chi connectivity index (χ1) is 6.21. The fourth-order valence-electron chi connectivity index (χ4n) is 1.21. The molecule has 0 spiro atoms. The van der Waals surface area contributed by atoms with Crippen LogP contribution < -0.4 is 0 Å². The Kier molecular flexibility index (Phi) is 3.51. The first-order valence-corrected chi connectivity index (χ1v) is 6.96. The summed E-state index contributed by atoms with van der Waals surface area (Å²) in [5.41, 5.74) is 0. The Labute approximate surface area is 80.6 Å². The van der Waals surface area contributed by atoms with E-state index < -0.39 is 15.5 Å². The molecular weight excluding hydrogens is 234 g/mol. The van der Waals surface area contributed by atoms with E-state index >= 15 is 0 Å². The first kappa shape index (κ1) is 12.3. The maximum atomic E-state index is 10.8. The van der Waals surface area contributed by atoms with Gasteiger partial charge >= 0.3 is 15.5 Å². The number of nitrogens with zero attached hydrogens (tertiary/aromatic N) is 2. The van der Waals surface area contributed by atoms with Crippen LogP contribution in [-0.2, 0) is 9.13 Å². The molecule has 14 heavy (non-hydrogen) atoms. The lowest BCUT2D eigenvalue weighted by molar-refractivity contribution is 0.184. The van der Waals surface area contributed by atoms with Gasteiger partial charge in [-0.1, -0.05) is 0 Å². The fraction of sp³-hybridized carbons (Fsp3) is 1.00. The SMILES string of the molecule is O=P(O)(O)N1CCN(P(=O)(O)O)CC1. The molecule has 8 nitrogen and oxygen atoms in total. The van der Waals surface area contributed by atoms with Gasteiger partial charge in [0, 0.05) is 26.2 Å². The molecule has 1 aliphatic rings. The molecule has 0 unspecified atom stereocenters. The predicted octanol–water partition coefficient (Wildman–Crippen LogP) is -1.21. The second kappa shape index (κ2) is 4.00. The number of piperazine rings is 1. The van der Waals surface area contributed by atoms with Gasteiger partial charge in [-0.15, -0.1) is 0 Å². The maximum Gasteiger partial charge on any atom is 0.403 e. The minimum atomic E-state index is -4.27. The van der Waals surface area contributed by atoms with Crippen LogP contribution in [0.15, 0.2) is 0 Å². The van der Waals surface area contributed by atoms with E-state index in [0.717, 1.165) is 9.34 Å². The zero-order chi connectivity index (χ0) is 11.0. The summed E-state index contributed by atoms with van der Waals surface area (Å²) in [6.07, 6.45) is 0. The van der Waals surface area contributed by atoms with Crippen LogP contribution >= 0.6 is 15.5 Å². The van der Waals surface area contributed by atoms with Gasteiger partial charge in [-0.3, -0.25) is 0 Å². The molecule has 84 valence electrons. The third kappa shape index (κ3) is 3.12. The lowest BCUT2D eigenvalue weighted by atomic mass is 10.4. The summed E-state index contributed by atoms with van der Waals surface area (Å²) in [7, 11) is -8.53. The molecule has 0 saturated carbocycles. The maximum absolute atomic E-state index is 10.8. The molecule has 0 aromatic rings. The van der Waals surface area contributed by atoms with Gasteiger partial charge in [0.05, 0.1) is 0 Å². The van der Waals surface area contributed by atoms with Crippen molar-refractivity contribution in [2.24, 2.45) is 0 Å². The van der Waals surface area contributed by atoms with E-state index in [4.69, 9.17) is 19.6 Å². The second-order valence-corrected chi connectivity index (χ2v) is 6.12. The van der Waals surface area contributed by atoms with Crippen LogP contribution in [0.1, 0.15) is 0 Å². The summed E-state index contributed by atoms with van der Waals surface area (Å²) in [6.45, 7) is -0.185. The summed E-state index contributed by atoms with van der Waals surface area (Å²) < 4.78 is 23.3. The summed E-state index contributed by atoms with van der Waals surface area (Å²) in [6, 6.07) is 0. The van der Waals surface area contributed by atoms with Gasteiger partial charge in [-0.25, -0.2) is 18.5 Å². The van der Waals surface area contributed by atoms with Crippen molar-refractivity contribution in [3.8, 4) is 0 Å². The minimum absolute atomic E-state index is 0.0462. The van der Waals surface area contributed by atoms with Crippen molar-refractivity contribution < 1.29 is 28.7 Å². The van der Waals surface area contributed by atoms with Crippen LogP contribution in [0.5, 0.6) is 0 Å². The predicted molar refractivity (Wildman–Crippen MR) is 47.2 cm³/mol. The Morgan fingerprint density at radius 3 is 1.07 bits per heavy atom. The van der Waals surface area contributed by atoms with Crippen LogP contribution in [0.25, 0.3) is 0 Å². The highest BCUT2D eigenvalue weighted by Crippen LogP contribution is 2.45. The van der Waals surface area contributed by atoms with Gasteiger partial charge in [0.15, 0.2) is 0 Å². The Morgan fingerprint density at radius 2 is 0.929 bits per heavy atom. The Hall–Kier alpha value is 0.220. The van der Waals surface area contributed by atoms with Crippen molar-refractivity contribution in [1.29, 1.82) is 0 Å². The fourth-order valence-corrected chi connectivity index (χ4v) is 2.61. The average molecular weight is 246 g/mol. The van der Waals surface area contributed by atoms with Crippen molar-refractivity contribution in [1.82, 2.24) is 9.34 Å². The van der Waals surface area contributed by atoms with Crippen LogP contribution in [-0.4, -0.2) is 55.1 Å². The van der Waals surface area contributed by atoms with E-state index in [1.54, 1.807) is 0 Å². The van der Waals surface area contributed by atoms with Crippen LogP contribution in [0.3, 0.4) is 0 Å². The third-order valence-electron chi connectivity index (χ3n) is 1.97. The summed E-state index contributed by atoms with van der Waals surface area (Å²) >= 11 is 0. The highest BCUT2D eigenvalue weighted by Gasteiger charge is 2.34. The van der Waals surface area contributed by atoms with Crippen molar-refractivity contribution in [2.75, 3.05) is 26.2 Å². The molecule has 4 N–H and O–H groups in total. The highest BCUT2D eigenvalue weighted by molar-refractivity contribution is 7.49. The molecule has 0 aromatic heterocycles. The van der Waals surface area contributed by atoms with Crippen molar-refractivity contribution in [2.45, 2.75) is 0 Å². The molecule has 10 heteroatoms. The average Bonchev–Trinajstić information content (AvgIpc) is 2.01. The normalized spacial score (nSPS) is 22.6. The third-order valence-corrected chi connectivity index (χ3v) is 4.24. The molecule has 0 bridgehead atoms. The quantitative estimate of drug-likeness (QED) is 0.448. The Morgan fingerprint density at radius 1 is 0.714 bits per heavy atom. The van der Waals surface area contributed by atoms with Crippen molar-refractivity contribution in [3.05, 3.63) is 0 Å². The van der Waals surface area contributed by atoms with Crippen molar-refractivity contribution in [3.63, 3.8) is 0 Å². The lowest BCUT2D eigenvalue weighted by Crippen LogP contribution is -2.42. The van der Waals surface area contributed by atoms with Crippen molar-refractivity contribution >= 4 is 15.5 Å². The van der Waals surface area contributed by atoms with E-state index in [0.29, 0.717) is 0 Å². The van der Waals surface area contributed by atoms with Gasteiger partial charge in [0.1, 0.15) is 0 Å². The van der Waals surface area contributed by atoms with E-state index in [2.05, 4.69) is 0 Å². The first-order valence-electron chi connectivity index (χ1n) is 3.83. The van der Waals surface area contributed by atoms with Crippen LogP contribution in [0, 0.1) is 0 Å². The molecule has 0 atom stereocenters. The smallest absolute Gasteiger partial charge is 0.312 e. The number of rotatable bonds is 2. The van der Waals surface area contributed by atoms with Gasteiger partial charge < -0.3 is 19.6 Å². The summed E-state index contributed by atoms with van der Waals surface area (Å²) in [4.78, 5) is 35.0. The summed E-state index contributed by atoms with van der Waals surface area (Å²) in [5.74, 6) is 0. The molecule has 0 aliphatic carbocycles. The minimum Gasteiger partial charge on any atom is -0.312 e. The zero-order valence-electron chi connectivity index (χ0n) is 7.22. The molecule has 0 aromatic carbocycles. The molecule has 1 fully saturated rings. The standard InChI is InChI=1S/C4H12N2O6P2/c7-13(8,9)5-1-2-6(4-3-5)14(10,11)12/h1-4H2,(H2,7,8,9)(H2,10,11,12). The molecule has 1 heterocycles. The van der Waals surface area contributed by atoms with Gasteiger partial charge in [0.2, 0.25) is 0 Å². The molecule has 0 radical (unpaired) electrons. The largest absolute Gasteiger partial charge is 0.403 e. The zero-order valence-corrected chi connectivity index (χ0v) is 9.01. The van der Waals surface area contributed by atoms with Gasteiger partial charge in [0.25, 0.3) is 0 Å².